The van der Waals surface area contributed by atoms with Crippen molar-refractivity contribution in [2.75, 3.05) is 14.2 Å². The number of ether oxygens (including phenoxy) is 2. The zero-order chi connectivity index (χ0) is 22.1. The number of ketones is 3. The molecule has 0 saturated carbocycles. The van der Waals surface area contributed by atoms with E-state index in [1.54, 1.807) is 0 Å². The van der Waals surface area contributed by atoms with E-state index < -0.39 is 52.2 Å². The number of fused-ring (bicyclic) bond motifs is 3. The van der Waals surface area contributed by atoms with Crippen LogP contribution in [0.15, 0.2) is 18.2 Å². The first-order valence-corrected chi connectivity index (χ1v) is 8.94. The molecule has 0 unspecified atom stereocenters. The number of aliphatic hydroxyl groups is 2. The minimum Gasteiger partial charge on any atom is -0.507 e. The molecule has 2 aliphatic rings. The Balaban J connectivity index is 2.03. The van der Waals surface area contributed by atoms with Gasteiger partial charge in [0.25, 0.3) is 0 Å². The van der Waals surface area contributed by atoms with Crippen molar-refractivity contribution in [1.82, 2.24) is 0 Å². The van der Waals surface area contributed by atoms with E-state index in [-0.39, 0.29) is 33.6 Å². The number of hydrogen-bond acceptors (Lipinski definition) is 9. The minimum atomic E-state index is -2.14. The van der Waals surface area contributed by atoms with Gasteiger partial charge < -0.3 is 29.9 Å². The van der Waals surface area contributed by atoms with Crippen LogP contribution in [0.5, 0.6) is 17.2 Å². The number of rotatable bonds is 2. The molecule has 3 atom stereocenters. The highest BCUT2D eigenvalue weighted by Crippen LogP contribution is 2.47. The van der Waals surface area contributed by atoms with Crippen molar-refractivity contribution in [3.63, 3.8) is 0 Å². The van der Waals surface area contributed by atoms with Crippen LogP contribution < -0.4 is 4.74 Å². The van der Waals surface area contributed by atoms with Gasteiger partial charge in [-0.1, -0.05) is 0 Å². The number of aromatic hydroxyl groups is 2. The summed E-state index contributed by atoms with van der Waals surface area (Å²) in [5, 5.41) is 42.3. The smallest absolute Gasteiger partial charge is 0.201 e. The van der Waals surface area contributed by atoms with E-state index >= 15 is 0 Å². The lowest BCUT2D eigenvalue weighted by Crippen LogP contribution is -2.54. The summed E-state index contributed by atoms with van der Waals surface area (Å²) in [7, 11) is 2.49. The largest absolute Gasteiger partial charge is 0.507 e. The van der Waals surface area contributed by atoms with Crippen LogP contribution in [0.25, 0.3) is 0 Å². The molecule has 0 bridgehead atoms. The molecule has 0 aromatic heterocycles. The van der Waals surface area contributed by atoms with Crippen LogP contribution in [-0.4, -0.2) is 63.7 Å². The number of Topliss-reactive ketones (excluding diaryl/α,β-unsaturated/α-hetero) is 1. The molecular formula is C21H18O9. The Kier molecular flexibility index (Phi) is 4.25. The van der Waals surface area contributed by atoms with Gasteiger partial charge in [-0.25, -0.2) is 0 Å². The summed E-state index contributed by atoms with van der Waals surface area (Å²) in [6, 6.07) is 3.49. The maximum absolute atomic E-state index is 13.1. The van der Waals surface area contributed by atoms with E-state index in [0.29, 0.717) is 0 Å². The summed E-state index contributed by atoms with van der Waals surface area (Å²) in [6.45, 7) is 1.15. The maximum Gasteiger partial charge on any atom is 0.201 e. The average molecular weight is 414 g/mol. The van der Waals surface area contributed by atoms with E-state index in [1.807, 2.05) is 0 Å². The molecule has 4 rings (SSSR count). The second-order valence-corrected chi connectivity index (χ2v) is 7.41. The quantitative estimate of drug-likeness (QED) is 0.479. The van der Waals surface area contributed by atoms with Gasteiger partial charge in [0.2, 0.25) is 5.78 Å². The molecular weight excluding hydrogens is 396 g/mol. The topological polar surface area (TPSA) is 151 Å². The molecule has 0 aliphatic heterocycles. The average Bonchev–Trinajstić information content (AvgIpc) is 2.69. The molecule has 9 nitrogen and oxygen atoms in total. The van der Waals surface area contributed by atoms with Crippen molar-refractivity contribution >= 4 is 17.3 Å². The number of methoxy groups -OCH3 is 2. The van der Waals surface area contributed by atoms with E-state index in [4.69, 9.17) is 9.47 Å². The van der Waals surface area contributed by atoms with Gasteiger partial charge in [-0.3, -0.25) is 14.4 Å². The van der Waals surface area contributed by atoms with Crippen molar-refractivity contribution in [1.29, 1.82) is 0 Å². The fourth-order valence-corrected chi connectivity index (χ4v) is 4.21. The number of carbonyl (C=O) groups excluding carboxylic acids is 3. The van der Waals surface area contributed by atoms with E-state index in [9.17, 15) is 34.8 Å². The highest BCUT2D eigenvalue weighted by atomic mass is 16.5. The number of benzene rings is 2. The lowest BCUT2D eigenvalue weighted by molar-refractivity contribution is -0.119. The number of hydrogen-bond donors (Lipinski definition) is 4. The minimum absolute atomic E-state index is 0.135. The van der Waals surface area contributed by atoms with Crippen molar-refractivity contribution in [2.24, 2.45) is 0 Å². The fraction of sp³-hybridized carbons (Fsp3) is 0.286. The number of aliphatic hydroxyl groups excluding tert-OH is 1. The van der Waals surface area contributed by atoms with Crippen LogP contribution in [0.1, 0.15) is 60.8 Å². The Hall–Kier alpha value is -3.27. The predicted molar refractivity (Wildman–Crippen MR) is 100 cm³/mol. The van der Waals surface area contributed by atoms with Gasteiger partial charge >= 0.3 is 0 Å². The van der Waals surface area contributed by atoms with Crippen LogP contribution in [0.3, 0.4) is 0 Å². The Morgan fingerprint density at radius 3 is 2.17 bits per heavy atom. The van der Waals surface area contributed by atoms with Gasteiger partial charge in [-0.05, 0) is 19.1 Å². The molecule has 0 radical (unpaired) electrons. The molecule has 0 saturated heterocycles. The van der Waals surface area contributed by atoms with Gasteiger partial charge in [0.15, 0.2) is 17.2 Å². The summed E-state index contributed by atoms with van der Waals surface area (Å²) >= 11 is 0. The zero-order valence-corrected chi connectivity index (χ0v) is 16.2. The summed E-state index contributed by atoms with van der Waals surface area (Å²) in [4.78, 5) is 39.0. The summed E-state index contributed by atoms with van der Waals surface area (Å²) in [5.74, 6) is -3.63. The summed E-state index contributed by atoms with van der Waals surface area (Å²) < 4.78 is 10.1. The van der Waals surface area contributed by atoms with Crippen molar-refractivity contribution in [3.8, 4) is 17.2 Å². The standard InChI is InChI=1S/C21H18O9/c1-21(28)19(27)10-6-9-13(17(25)14(10)18(26)20(21)30-3)16(24)12-8(15(9)23)4-7(29-2)5-11(12)22/h4-6,18,20,22,25-26,28H,1-3H3/t18-,20-,21+/m0/s1. The molecule has 30 heavy (non-hydrogen) atoms. The van der Waals surface area contributed by atoms with Gasteiger partial charge in [0.1, 0.15) is 29.5 Å². The van der Waals surface area contributed by atoms with Gasteiger partial charge in [0.05, 0.1) is 18.2 Å². The Morgan fingerprint density at radius 1 is 0.933 bits per heavy atom. The highest BCUT2D eigenvalue weighted by Gasteiger charge is 2.52. The number of carbonyl (C=O) groups is 3. The lowest BCUT2D eigenvalue weighted by atomic mass is 9.72. The van der Waals surface area contributed by atoms with Gasteiger partial charge in [-0.15, -0.1) is 0 Å². The molecule has 2 aromatic rings. The second kappa shape index (κ2) is 6.36. The van der Waals surface area contributed by atoms with E-state index in [1.165, 1.54) is 20.3 Å². The first-order chi connectivity index (χ1) is 14.1. The lowest BCUT2D eigenvalue weighted by Gasteiger charge is -2.39. The van der Waals surface area contributed by atoms with Crippen molar-refractivity contribution in [3.05, 3.63) is 51.6 Å². The molecule has 9 heteroatoms. The molecule has 156 valence electrons. The Labute approximate surface area is 170 Å². The first-order valence-electron chi connectivity index (χ1n) is 8.94. The SMILES string of the molecule is COc1cc(O)c2c(c1)C(=O)c1cc3c(c(O)c1C2=O)[C@H](O)[C@H](OC)[C@](C)(O)C3=O. The third kappa shape index (κ3) is 2.37. The Bertz CT molecular complexity index is 1150. The zero-order valence-electron chi connectivity index (χ0n) is 16.2. The van der Waals surface area contributed by atoms with Crippen LogP contribution in [0.2, 0.25) is 0 Å². The summed E-state index contributed by atoms with van der Waals surface area (Å²) in [5.41, 5.74) is -3.98. The number of phenolic OH excluding ortho intramolecular Hbond substituents is 2. The van der Waals surface area contributed by atoms with Crippen LogP contribution >= 0.6 is 0 Å². The second-order valence-electron chi connectivity index (χ2n) is 7.41. The molecule has 0 spiro atoms. The van der Waals surface area contributed by atoms with E-state index in [0.717, 1.165) is 19.1 Å². The molecule has 0 fully saturated rings. The van der Waals surface area contributed by atoms with Crippen LogP contribution in [0.4, 0.5) is 0 Å². The predicted octanol–water partition coefficient (Wildman–Crippen LogP) is 0.877. The van der Waals surface area contributed by atoms with Crippen molar-refractivity contribution < 1.29 is 44.3 Å². The molecule has 2 aliphatic carbocycles. The van der Waals surface area contributed by atoms with Crippen LogP contribution in [0, 0.1) is 0 Å². The molecule has 0 heterocycles. The van der Waals surface area contributed by atoms with Gasteiger partial charge in [-0.2, -0.15) is 0 Å². The van der Waals surface area contributed by atoms with Gasteiger partial charge in [0, 0.05) is 35.4 Å². The highest BCUT2D eigenvalue weighted by molar-refractivity contribution is 6.31. The third-order valence-electron chi connectivity index (χ3n) is 5.71. The molecule has 4 N–H and O–H groups in total. The Morgan fingerprint density at radius 2 is 1.57 bits per heavy atom. The summed E-state index contributed by atoms with van der Waals surface area (Å²) in [6.07, 6.45) is -3.07. The monoisotopic (exact) mass is 414 g/mol. The van der Waals surface area contributed by atoms with Crippen molar-refractivity contribution in [2.45, 2.75) is 24.7 Å². The fourth-order valence-electron chi connectivity index (χ4n) is 4.21. The normalized spacial score (nSPS) is 24.9. The van der Waals surface area contributed by atoms with E-state index in [2.05, 4.69) is 0 Å². The maximum atomic E-state index is 13.1. The molecule has 2 aromatic carbocycles. The third-order valence-corrected chi connectivity index (χ3v) is 5.71. The number of phenols is 2. The van der Waals surface area contributed by atoms with Crippen LogP contribution in [-0.2, 0) is 4.74 Å². The first kappa shape index (κ1) is 20.0. The molecule has 0 amide bonds.